The minimum absolute atomic E-state index is 0. The zero-order valence-electron chi connectivity index (χ0n) is 11.3. The van der Waals surface area contributed by atoms with Gasteiger partial charge in [0.2, 0.25) is 0 Å². The van der Waals surface area contributed by atoms with E-state index in [0.29, 0.717) is 0 Å². The Balaban J connectivity index is 0. The normalized spacial score (nSPS) is 12.6. The molecule has 0 aliphatic rings. The summed E-state index contributed by atoms with van der Waals surface area (Å²) >= 11 is 0. The quantitative estimate of drug-likeness (QED) is 0.608. The highest BCUT2D eigenvalue weighted by atomic mass is 14.9. The van der Waals surface area contributed by atoms with Crippen molar-refractivity contribution in [3.8, 4) is 0 Å². The van der Waals surface area contributed by atoms with Crippen molar-refractivity contribution >= 4 is 0 Å². The van der Waals surface area contributed by atoms with Gasteiger partial charge in [0, 0.05) is 6.04 Å². The Labute approximate surface area is 96.8 Å². The molecule has 2 heteroatoms. The molecule has 0 aromatic carbocycles. The first-order chi connectivity index (χ1) is 6.78. The molecule has 0 spiro atoms. The molecular formula is C13H32N2. The van der Waals surface area contributed by atoms with Gasteiger partial charge >= 0.3 is 0 Å². The summed E-state index contributed by atoms with van der Waals surface area (Å²) in [6.45, 7) is 10.4. The standard InChI is InChI=1S/C13H29N.H3N/c1-5-9-10-12(6-2)11-14-13(7-3)8-4;/h12-14H,5-11H2,1-4H3;1H3. The summed E-state index contributed by atoms with van der Waals surface area (Å²) in [4.78, 5) is 0. The van der Waals surface area contributed by atoms with Crippen molar-refractivity contribution in [3.63, 3.8) is 0 Å². The molecule has 1 atom stereocenters. The van der Waals surface area contributed by atoms with Gasteiger partial charge in [0.15, 0.2) is 0 Å². The van der Waals surface area contributed by atoms with Gasteiger partial charge in [-0.25, -0.2) is 0 Å². The van der Waals surface area contributed by atoms with Crippen molar-refractivity contribution in [2.75, 3.05) is 6.54 Å². The summed E-state index contributed by atoms with van der Waals surface area (Å²) in [6.07, 6.45) is 7.99. The van der Waals surface area contributed by atoms with Crippen molar-refractivity contribution < 1.29 is 0 Å². The second-order valence-corrected chi connectivity index (χ2v) is 4.34. The second kappa shape index (κ2) is 12.0. The highest BCUT2D eigenvalue weighted by molar-refractivity contribution is 4.67. The average Bonchev–Trinajstić information content (AvgIpc) is 2.23. The zero-order valence-corrected chi connectivity index (χ0v) is 11.3. The molecule has 94 valence electrons. The number of unbranched alkanes of at least 4 members (excludes halogenated alkanes) is 1. The lowest BCUT2D eigenvalue weighted by molar-refractivity contribution is 0.378. The van der Waals surface area contributed by atoms with Gasteiger partial charge in [0.1, 0.15) is 0 Å². The largest absolute Gasteiger partial charge is 0.344 e. The first-order valence-corrected chi connectivity index (χ1v) is 6.51. The van der Waals surface area contributed by atoms with Crippen LogP contribution in [0.2, 0.25) is 0 Å². The third-order valence-corrected chi connectivity index (χ3v) is 3.22. The molecule has 0 fully saturated rings. The van der Waals surface area contributed by atoms with Crippen molar-refractivity contribution in [3.05, 3.63) is 0 Å². The first-order valence-electron chi connectivity index (χ1n) is 6.51. The molecule has 0 aromatic rings. The highest BCUT2D eigenvalue weighted by Crippen LogP contribution is 2.12. The van der Waals surface area contributed by atoms with Crippen LogP contribution in [-0.4, -0.2) is 12.6 Å². The Morgan fingerprint density at radius 1 is 0.933 bits per heavy atom. The summed E-state index contributed by atoms with van der Waals surface area (Å²) in [5, 5.41) is 3.68. The maximum atomic E-state index is 3.68. The minimum Gasteiger partial charge on any atom is -0.344 e. The predicted octanol–water partition coefficient (Wildman–Crippen LogP) is 4.14. The fourth-order valence-corrected chi connectivity index (χ4v) is 1.85. The van der Waals surface area contributed by atoms with Crippen LogP contribution in [-0.2, 0) is 0 Å². The molecule has 0 rings (SSSR count). The summed E-state index contributed by atoms with van der Waals surface area (Å²) < 4.78 is 0. The van der Waals surface area contributed by atoms with Crippen LogP contribution in [0.25, 0.3) is 0 Å². The van der Waals surface area contributed by atoms with Crippen LogP contribution < -0.4 is 11.5 Å². The third-order valence-electron chi connectivity index (χ3n) is 3.22. The van der Waals surface area contributed by atoms with E-state index in [0.717, 1.165) is 12.0 Å². The summed E-state index contributed by atoms with van der Waals surface area (Å²) in [5.41, 5.74) is 0. The van der Waals surface area contributed by atoms with Gasteiger partial charge in [-0.15, -0.1) is 0 Å². The van der Waals surface area contributed by atoms with E-state index in [1.54, 1.807) is 0 Å². The third kappa shape index (κ3) is 8.88. The van der Waals surface area contributed by atoms with Crippen LogP contribution in [0.5, 0.6) is 0 Å². The van der Waals surface area contributed by atoms with Crippen LogP contribution in [0.4, 0.5) is 0 Å². The SMILES string of the molecule is CCCCC(CC)CNC(CC)CC.N. The van der Waals surface area contributed by atoms with E-state index in [1.165, 1.54) is 45.1 Å². The van der Waals surface area contributed by atoms with Gasteiger partial charge in [-0.3, -0.25) is 0 Å². The lowest BCUT2D eigenvalue weighted by Gasteiger charge is -2.20. The smallest absolute Gasteiger partial charge is 0.00619 e. The molecule has 15 heavy (non-hydrogen) atoms. The molecular weight excluding hydrogens is 184 g/mol. The maximum Gasteiger partial charge on any atom is 0.00619 e. The van der Waals surface area contributed by atoms with E-state index in [9.17, 15) is 0 Å². The molecule has 0 aliphatic carbocycles. The van der Waals surface area contributed by atoms with Crippen LogP contribution in [0.15, 0.2) is 0 Å². The van der Waals surface area contributed by atoms with Gasteiger partial charge in [-0.2, -0.15) is 0 Å². The Morgan fingerprint density at radius 3 is 1.93 bits per heavy atom. The van der Waals surface area contributed by atoms with E-state index >= 15 is 0 Å². The van der Waals surface area contributed by atoms with Gasteiger partial charge in [-0.1, -0.05) is 47.0 Å². The lowest BCUT2D eigenvalue weighted by atomic mass is 9.98. The number of hydrogen-bond acceptors (Lipinski definition) is 2. The van der Waals surface area contributed by atoms with E-state index in [-0.39, 0.29) is 6.15 Å². The molecule has 0 amide bonds. The predicted molar refractivity (Wildman–Crippen MR) is 70.7 cm³/mol. The molecule has 0 radical (unpaired) electrons. The van der Waals surface area contributed by atoms with Gasteiger partial charge < -0.3 is 11.5 Å². The topological polar surface area (TPSA) is 47.0 Å². The van der Waals surface area contributed by atoms with E-state index < -0.39 is 0 Å². The monoisotopic (exact) mass is 216 g/mol. The average molecular weight is 216 g/mol. The van der Waals surface area contributed by atoms with E-state index in [1.807, 2.05) is 0 Å². The maximum absolute atomic E-state index is 3.68. The van der Waals surface area contributed by atoms with E-state index in [4.69, 9.17) is 0 Å². The number of hydrogen-bond donors (Lipinski definition) is 2. The Kier molecular flexibility index (Phi) is 13.8. The van der Waals surface area contributed by atoms with Crippen molar-refractivity contribution in [1.82, 2.24) is 11.5 Å². The Hall–Kier alpha value is -0.0800. The summed E-state index contributed by atoms with van der Waals surface area (Å²) in [6, 6.07) is 0.741. The lowest BCUT2D eigenvalue weighted by Crippen LogP contribution is -2.32. The molecule has 0 saturated carbocycles. The molecule has 0 aromatic heterocycles. The molecule has 0 saturated heterocycles. The molecule has 0 heterocycles. The van der Waals surface area contributed by atoms with Gasteiger partial charge in [0.25, 0.3) is 0 Å². The van der Waals surface area contributed by atoms with Crippen LogP contribution in [0.1, 0.15) is 66.2 Å². The fourth-order valence-electron chi connectivity index (χ4n) is 1.85. The van der Waals surface area contributed by atoms with Crippen LogP contribution in [0, 0.1) is 5.92 Å². The van der Waals surface area contributed by atoms with Crippen LogP contribution in [0.3, 0.4) is 0 Å². The van der Waals surface area contributed by atoms with Crippen LogP contribution >= 0.6 is 0 Å². The molecule has 2 nitrogen and oxygen atoms in total. The molecule has 4 N–H and O–H groups in total. The fraction of sp³-hybridized carbons (Fsp3) is 1.00. The zero-order chi connectivity index (χ0) is 10.8. The highest BCUT2D eigenvalue weighted by Gasteiger charge is 2.08. The molecule has 1 unspecified atom stereocenters. The number of rotatable bonds is 9. The first kappa shape index (κ1) is 17.3. The minimum atomic E-state index is 0. The Morgan fingerprint density at radius 2 is 1.53 bits per heavy atom. The number of nitrogens with one attached hydrogen (secondary N) is 1. The van der Waals surface area contributed by atoms with Crippen molar-refractivity contribution in [2.24, 2.45) is 5.92 Å². The van der Waals surface area contributed by atoms with Crippen molar-refractivity contribution in [1.29, 1.82) is 0 Å². The van der Waals surface area contributed by atoms with E-state index in [2.05, 4.69) is 33.0 Å². The molecule has 0 bridgehead atoms. The summed E-state index contributed by atoms with van der Waals surface area (Å²) in [7, 11) is 0. The molecule has 0 aliphatic heterocycles. The summed E-state index contributed by atoms with van der Waals surface area (Å²) in [5.74, 6) is 0.899. The Bertz CT molecular complexity index is 111. The van der Waals surface area contributed by atoms with Crippen molar-refractivity contribution in [2.45, 2.75) is 72.3 Å². The second-order valence-electron chi connectivity index (χ2n) is 4.34. The van der Waals surface area contributed by atoms with Gasteiger partial charge in [0.05, 0.1) is 0 Å². The van der Waals surface area contributed by atoms with Gasteiger partial charge in [-0.05, 0) is 31.7 Å².